The summed E-state index contributed by atoms with van der Waals surface area (Å²) in [6.45, 7) is 10.9. The van der Waals surface area contributed by atoms with Crippen LogP contribution in [0.15, 0.2) is 124 Å². The van der Waals surface area contributed by atoms with Crippen molar-refractivity contribution in [3.8, 4) is 16.9 Å². The number of aryl methyl sites for hydroxylation is 2. The van der Waals surface area contributed by atoms with Gasteiger partial charge in [0.2, 0.25) is 0 Å². The van der Waals surface area contributed by atoms with Crippen LogP contribution in [0.1, 0.15) is 68.1 Å². The smallest absolute Gasteiger partial charge is 0.198 e. The van der Waals surface area contributed by atoms with Gasteiger partial charge in [-0.2, -0.15) is 0 Å². The van der Waals surface area contributed by atoms with Gasteiger partial charge < -0.3 is 20.0 Å². The molecular weight excluding hydrogens is 649 g/mol. The number of rotatable bonds is 11. The molecule has 1 aliphatic rings. The van der Waals surface area contributed by atoms with Gasteiger partial charge in [-0.1, -0.05) is 79.7 Å². The maximum Gasteiger partial charge on any atom is 0.198 e. The van der Waals surface area contributed by atoms with Gasteiger partial charge >= 0.3 is 0 Å². The molecule has 1 heterocycles. The Morgan fingerprint density at radius 2 is 1.57 bits per heavy atom. The van der Waals surface area contributed by atoms with E-state index in [4.69, 9.17) is 4.74 Å². The SMILES string of the molecule is C=CC1CCC(c2ccc(-c3ccc(Sc4cccc5c4c(=O)c4cccc(Nc6cc(C)c(OCCCC)c(C)c6)c4n5[O-])cc3)cc2)CC1. The average molecular weight is 694 g/mol. The quantitative estimate of drug-likeness (QED) is 0.0831. The van der Waals surface area contributed by atoms with Crippen LogP contribution in [0.25, 0.3) is 32.9 Å². The number of fused-ring (bicyclic) bond motifs is 2. The second-order valence-corrected chi connectivity index (χ2v) is 15.0. The maximum absolute atomic E-state index is 14.1. The number of pyridine rings is 1. The number of aromatic nitrogens is 1. The number of para-hydroxylation sites is 1. The Hall–Kier alpha value is -4.94. The first-order valence-corrected chi connectivity index (χ1v) is 19.0. The van der Waals surface area contributed by atoms with Crippen LogP contribution in [0.4, 0.5) is 11.4 Å². The fraction of sp³-hybridized carbons (Fsp3) is 0.267. The van der Waals surface area contributed by atoms with E-state index in [0.717, 1.165) is 55.5 Å². The molecule has 1 N–H and O–H groups in total. The van der Waals surface area contributed by atoms with Crippen LogP contribution in [0.2, 0.25) is 0 Å². The number of benzene rings is 5. The standard InChI is InChI=1S/C45H45N2O3S/c1-5-7-26-50-45-29(3)27-36(28-30(45)4)46-39-11-8-10-38-43(39)47(49)40-12-9-13-41(42(40)44(38)48)51-37-24-22-35(23-25-37)34-20-18-33(19-21-34)32-16-14-31(6-2)15-17-32/h6,8-13,18-25,27-28,31-32,46H,2,5,7,14-17,26H2,1,3-4H3/q-1. The van der Waals surface area contributed by atoms with Gasteiger partial charge in [-0.25, -0.2) is 0 Å². The van der Waals surface area contributed by atoms with E-state index >= 15 is 0 Å². The molecule has 5 aromatic carbocycles. The van der Waals surface area contributed by atoms with Crippen LogP contribution >= 0.6 is 11.8 Å². The molecule has 6 heteroatoms. The predicted octanol–water partition coefficient (Wildman–Crippen LogP) is 12.3. The normalized spacial score (nSPS) is 16.0. The molecule has 6 aromatic rings. The summed E-state index contributed by atoms with van der Waals surface area (Å²) in [6, 6.07) is 32.4. The van der Waals surface area contributed by atoms with Crippen LogP contribution < -0.4 is 15.5 Å². The van der Waals surface area contributed by atoms with Crippen molar-refractivity contribution in [3.05, 3.63) is 142 Å². The molecule has 0 radical (unpaired) electrons. The van der Waals surface area contributed by atoms with Gasteiger partial charge in [0.05, 0.1) is 23.2 Å². The van der Waals surface area contributed by atoms with Crippen LogP contribution in [-0.2, 0) is 0 Å². The third-order valence-corrected chi connectivity index (χ3v) is 11.4. The number of ether oxygens (including phenoxy) is 1. The summed E-state index contributed by atoms with van der Waals surface area (Å²) in [7, 11) is 0. The van der Waals surface area contributed by atoms with Crippen molar-refractivity contribution >= 4 is 44.9 Å². The van der Waals surface area contributed by atoms with Crippen molar-refractivity contribution in [2.24, 2.45) is 5.92 Å². The second kappa shape index (κ2) is 15.1. The van der Waals surface area contributed by atoms with Crippen molar-refractivity contribution in [2.75, 3.05) is 11.9 Å². The van der Waals surface area contributed by atoms with Gasteiger partial charge in [0.25, 0.3) is 0 Å². The zero-order valence-corrected chi connectivity index (χ0v) is 30.5. The van der Waals surface area contributed by atoms with E-state index in [9.17, 15) is 10.0 Å². The molecule has 0 spiro atoms. The number of unbranched alkanes of at least 4 members (excludes halogenated alkanes) is 1. The first-order chi connectivity index (χ1) is 24.8. The molecule has 260 valence electrons. The highest BCUT2D eigenvalue weighted by atomic mass is 32.2. The van der Waals surface area contributed by atoms with Crippen molar-refractivity contribution in [1.29, 1.82) is 0 Å². The highest BCUT2D eigenvalue weighted by molar-refractivity contribution is 7.99. The number of hydrogen-bond donors (Lipinski definition) is 1. The molecule has 5 nitrogen and oxygen atoms in total. The highest BCUT2D eigenvalue weighted by Gasteiger charge is 2.21. The Bertz CT molecular complexity index is 2230. The molecule has 0 unspecified atom stereocenters. The Kier molecular flexibility index (Phi) is 10.2. The van der Waals surface area contributed by atoms with Crippen LogP contribution in [-0.4, -0.2) is 11.3 Å². The Labute approximate surface area is 305 Å². The van der Waals surface area contributed by atoms with Gasteiger partial charge in [-0.15, -0.1) is 6.58 Å². The second-order valence-electron chi connectivity index (χ2n) is 13.8. The lowest BCUT2D eigenvalue weighted by Crippen LogP contribution is -2.11. The van der Waals surface area contributed by atoms with Crippen LogP contribution in [0.3, 0.4) is 0 Å². The van der Waals surface area contributed by atoms with E-state index < -0.39 is 0 Å². The molecule has 0 atom stereocenters. The number of anilines is 2. The Morgan fingerprint density at radius 3 is 2.24 bits per heavy atom. The summed E-state index contributed by atoms with van der Waals surface area (Å²) < 4.78 is 6.95. The first kappa shape index (κ1) is 34.5. The van der Waals surface area contributed by atoms with E-state index in [0.29, 0.717) is 45.9 Å². The highest BCUT2D eigenvalue weighted by Crippen LogP contribution is 2.39. The fourth-order valence-electron chi connectivity index (χ4n) is 7.51. The minimum Gasteiger partial charge on any atom is -0.805 e. The topological polar surface area (TPSA) is 66.3 Å². The molecule has 0 amide bonds. The predicted molar refractivity (Wildman–Crippen MR) is 215 cm³/mol. The molecule has 1 saturated carbocycles. The number of nitrogens with one attached hydrogen (secondary N) is 1. The molecule has 7 rings (SSSR count). The van der Waals surface area contributed by atoms with E-state index in [2.05, 4.69) is 73.4 Å². The van der Waals surface area contributed by atoms with E-state index in [1.807, 2.05) is 50.2 Å². The summed E-state index contributed by atoms with van der Waals surface area (Å²) in [6.07, 6.45) is 9.11. The summed E-state index contributed by atoms with van der Waals surface area (Å²) in [5.74, 6) is 2.19. The molecule has 0 saturated heterocycles. The summed E-state index contributed by atoms with van der Waals surface area (Å²) in [4.78, 5) is 15.9. The Morgan fingerprint density at radius 1 is 0.902 bits per heavy atom. The summed E-state index contributed by atoms with van der Waals surface area (Å²) in [5, 5.41) is 18.3. The van der Waals surface area contributed by atoms with Crippen LogP contribution in [0.5, 0.6) is 5.75 Å². The molecule has 0 aliphatic heterocycles. The third-order valence-electron chi connectivity index (χ3n) is 10.3. The average Bonchev–Trinajstić information content (AvgIpc) is 3.15. The Balaban J connectivity index is 1.13. The van der Waals surface area contributed by atoms with Gasteiger partial charge in [-0.05, 0) is 134 Å². The monoisotopic (exact) mass is 693 g/mol. The lowest BCUT2D eigenvalue weighted by atomic mass is 9.78. The summed E-state index contributed by atoms with van der Waals surface area (Å²) >= 11 is 1.51. The molecular formula is C45H45N2O3S-. The minimum atomic E-state index is -0.152. The van der Waals surface area contributed by atoms with Gasteiger partial charge in [0, 0.05) is 26.4 Å². The lowest BCUT2D eigenvalue weighted by Gasteiger charge is -2.27. The zero-order chi connectivity index (χ0) is 35.5. The largest absolute Gasteiger partial charge is 0.805 e. The van der Waals surface area contributed by atoms with Crippen molar-refractivity contribution in [1.82, 2.24) is 4.73 Å². The number of hydrogen-bond acceptors (Lipinski definition) is 5. The van der Waals surface area contributed by atoms with Crippen molar-refractivity contribution < 1.29 is 4.74 Å². The van der Waals surface area contributed by atoms with Crippen molar-refractivity contribution in [2.45, 2.75) is 75.0 Å². The number of nitrogens with zero attached hydrogens (tertiary/aromatic N) is 1. The molecule has 0 bridgehead atoms. The minimum absolute atomic E-state index is 0.152. The van der Waals surface area contributed by atoms with Crippen molar-refractivity contribution in [3.63, 3.8) is 0 Å². The maximum atomic E-state index is 14.1. The zero-order valence-electron chi connectivity index (χ0n) is 29.7. The van der Waals surface area contributed by atoms with E-state index in [1.165, 1.54) is 48.6 Å². The van der Waals surface area contributed by atoms with E-state index in [-0.39, 0.29) is 5.43 Å². The number of allylic oxidation sites excluding steroid dienone is 1. The fourth-order valence-corrected chi connectivity index (χ4v) is 8.48. The molecule has 1 fully saturated rings. The third kappa shape index (κ3) is 7.15. The first-order valence-electron chi connectivity index (χ1n) is 18.1. The van der Waals surface area contributed by atoms with E-state index in [1.54, 1.807) is 12.1 Å². The molecule has 1 aliphatic carbocycles. The van der Waals surface area contributed by atoms with Crippen LogP contribution in [0, 0.1) is 25.0 Å². The van der Waals surface area contributed by atoms with Gasteiger partial charge in [0.15, 0.2) is 5.43 Å². The lowest BCUT2D eigenvalue weighted by molar-refractivity contribution is 0.305. The molecule has 51 heavy (non-hydrogen) atoms. The van der Waals surface area contributed by atoms with Gasteiger partial charge in [-0.3, -0.25) is 4.79 Å². The van der Waals surface area contributed by atoms with Gasteiger partial charge in [0.1, 0.15) is 5.75 Å². The summed E-state index contributed by atoms with van der Waals surface area (Å²) in [5.41, 5.74) is 7.75. The molecule has 1 aromatic heterocycles.